The second kappa shape index (κ2) is 9.95. The summed E-state index contributed by atoms with van der Waals surface area (Å²) < 4.78 is 0. The number of piperazine rings is 1. The Morgan fingerprint density at radius 2 is 1.31 bits per heavy atom. The lowest BCUT2D eigenvalue weighted by Gasteiger charge is -2.40. The topological polar surface area (TPSA) is 73.0 Å². The van der Waals surface area contributed by atoms with Gasteiger partial charge in [0.2, 0.25) is 5.91 Å². The van der Waals surface area contributed by atoms with Crippen molar-refractivity contribution in [1.82, 2.24) is 20.0 Å². The number of carbonyl (C=O) groups excluding carboxylic acids is 3. The monoisotopic (exact) mass is 482 g/mol. The second-order valence-corrected chi connectivity index (χ2v) is 9.45. The number of hydrogen-bond donors (Lipinski definition) is 1. The molecular formula is C29H30N4O3. The van der Waals surface area contributed by atoms with Crippen molar-refractivity contribution < 1.29 is 14.4 Å². The number of amides is 4. The molecule has 2 saturated heterocycles. The van der Waals surface area contributed by atoms with E-state index in [4.69, 9.17) is 0 Å². The van der Waals surface area contributed by atoms with Gasteiger partial charge in [-0.25, -0.2) is 4.79 Å². The molecule has 0 spiro atoms. The summed E-state index contributed by atoms with van der Waals surface area (Å²) in [5.41, 5.74) is 1.95. The first-order chi connectivity index (χ1) is 17.5. The molecule has 0 saturated carbocycles. The maximum atomic E-state index is 13.2. The Bertz CT molecular complexity index is 1190. The van der Waals surface area contributed by atoms with E-state index >= 15 is 0 Å². The first-order valence-corrected chi connectivity index (χ1v) is 12.3. The highest BCUT2D eigenvalue weighted by atomic mass is 16.2. The number of benzene rings is 3. The summed E-state index contributed by atoms with van der Waals surface area (Å²) in [4.78, 5) is 44.2. The fourth-order valence-electron chi connectivity index (χ4n) is 5.16. The smallest absolute Gasteiger partial charge is 0.325 e. The highest BCUT2D eigenvalue weighted by Gasteiger charge is 2.49. The summed E-state index contributed by atoms with van der Waals surface area (Å²) >= 11 is 0. The third-order valence-electron chi connectivity index (χ3n) is 7.18. The number of rotatable bonds is 6. The van der Waals surface area contributed by atoms with E-state index in [2.05, 4.69) is 34.5 Å². The Morgan fingerprint density at radius 1 is 0.806 bits per heavy atom. The molecule has 2 fully saturated rings. The van der Waals surface area contributed by atoms with Crippen LogP contribution >= 0.6 is 0 Å². The lowest BCUT2D eigenvalue weighted by molar-refractivity contribution is -0.140. The summed E-state index contributed by atoms with van der Waals surface area (Å²) in [7, 11) is 0. The van der Waals surface area contributed by atoms with E-state index in [1.54, 1.807) is 24.0 Å². The number of carbonyl (C=O) groups is 3. The van der Waals surface area contributed by atoms with E-state index in [-0.39, 0.29) is 18.5 Å². The molecule has 7 heteroatoms. The van der Waals surface area contributed by atoms with E-state index in [0.29, 0.717) is 31.7 Å². The van der Waals surface area contributed by atoms with Crippen molar-refractivity contribution in [2.75, 3.05) is 32.7 Å². The fraction of sp³-hybridized carbons (Fsp3) is 0.276. The summed E-state index contributed by atoms with van der Waals surface area (Å²) in [6, 6.07) is 29.4. The molecule has 2 aliphatic heterocycles. The first kappa shape index (κ1) is 23.8. The van der Waals surface area contributed by atoms with Crippen LogP contribution < -0.4 is 5.32 Å². The molecule has 1 N–H and O–H groups in total. The van der Waals surface area contributed by atoms with Gasteiger partial charge >= 0.3 is 6.03 Å². The van der Waals surface area contributed by atoms with Gasteiger partial charge in [-0.15, -0.1) is 0 Å². The van der Waals surface area contributed by atoms with Crippen LogP contribution in [0.3, 0.4) is 0 Å². The maximum absolute atomic E-state index is 13.2. The molecule has 184 valence electrons. The normalized spacial score (nSPS) is 20.6. The van der Waals surface area contributed by atoms with Crippen LogP contribution in [-0.4, -0.2) is 65.3 Å². The van der Waals surface area contributed by atoms with Crippen LogP contribution in [0.1, 0.15) is 29.7 Å². The van der Waals surface area contributed by atoms with E-state index in [0.717, 1.165) is 4.90 Å². The zero-order valence-corrected chi connectivity index (χ0v) is 20.3. The maximum Gasteiger partial charge on any atom is 0.325 e. The third kappa shape index (κ3) is 4.50. The Balaban J connectivity index is 1.25. The van der Waals surface area contributed by atoms with Gasteiger partial charge in [0.25, 0.3) is 5.91 Å². The minimum Gasteiger partial charge on any atom is -0.339 e. The second-order valence-electron chi connectivity index (χ2n) is 9.45. The largest absolute Gasteiger partial charge is 0.339 e. The summed E-state index contributed by atoms with van der Waals surface area (Å²) in [5.74, 6) is -0.620. The molecule has 2 heterocycles. The van der Waals surface area contributed by atoms with Crippen LogP contribution in [0.2, 0.25) is 0 Å². The van der Waals surface area contributed by atoms with E-state index in [9.17, 15) is 14.4 Å². The predicted octanol–water partition coefficient (Wildman–Crippen LogP) is 3.39. The van der Waals surface area contributed by atoms with Crippen molar-refractivity contribution >= 4 is 17.8 Å². The van der Waals surface area contributed by atoms with Crippen LogP contribution in [0.5, 0.6) is 0 Å². The highest BCUT2D eigenvalue weighted by molar-refractivity contribution is 6.09. The molecule has 0 aliphatic carbocycles. The lowest BCUT2D eigenvalue weighted by Crippen LogP contribution is -2.52. The zero-order valence-electron chi connectivity index (χ0n) is 20.3. The Morgan fingerprint density at radius 3 is 1.83 bits per heavy atom. The molecule has 36 heavy (non-hydrogen) atoms. The van der Waals surface area contributed by atoms with Crippen LogP contribution in [0.15, 0.2) is 91.0 Å². The van der Waals surface area contributed by atoms with Crippen LogP contribution in [-0.2, 0) is 15.1 Å². The van der Waals surface area contributed by atoms with Gasteiger partial charge in [-0.2, -0.15) is 0 Å². The van der Waals surface area contributed by atoms with Gasteiger partial charge in [-0.05, 0) is 23.6 Å². The molecule has 0 radical (unpaired) electrons. The number of imide groups is 1. The third-order valence-corrected chi connectivity index (χ3v) is 7.18. The molecule has 0 aromatic heterocycles. The standard InChI is InChI=1S/C29H30N4O3/c1-29(24-15-9-4-10-16-24)27(35)33(28(36)30-29)21-25(34)31-17-19-32(20-18-31)26(22-11-5-2-6-12-22)23-13-7-3-8-14-23/h2-16,26H,17-21H2,1H3,(H,30,36)/t29-/m0/s1. The average molecular weight is 483 g/mol. The molecule has 7 nitrogen and oxygen atoms in total. The van der Waals surface area contributed by atoms with Gasteiger partial charge < -0.3 is 10.2 Å². The predicted molar refractivity (Wildman–Crippen MR) is 137 cm³/mol. The highest BCUT2D eigenvalue weighted by Crippen LogP contribution is 2.30. The van der Waals surface area contributed by atoms with Gasteiger partial charge in [-0.1, -0.05) is 91.0 Å². The van der Waals surface area contributed by atoms with E-state index in [1.807, 2.05) is 54.6 Å². The van der Waals surface area contributed by atoms with Gasteiger partial charge in [0.15, 0.2) is 0 Å². The van der Waals surface area contributed by atoms with Crippen molar-refractivity contribution in [2.45, 2.75) is 18.5 Å². The van der Waals surface area contributed by atoms with E-state index in [1.165, 1.54) is 11.1 Å². The fourth-order valence-corrected chi connectivity index (χ4v) is 5.16. The molecular weight excluding hydrogens is 452 g/mol. The molecule has 0 unspecified atom stereocenters. The average Bonchev–Trinajstić information content (AvgIpc) is 3.14. The molecule has 2 aliphatic rings. The van der Waals surface area contributed by atoms with Gasteiger partial charge in [0.1, 0.15) is 12.1 Å². The van der Waals surface area contributed by atoms with Crippen molar-refractivity contribution in [3.05, 3.63) is 108 Å². The van der Waals surface area contributed by atoms with Gasteiger partial charge in [-0.3, -0.25) is 19.4 Å². The van der Waals surface area contributed by atoms with Gasteiger partial charge in [0, 0.05) is 26.2 Å². The van der Waals surface area contributed by atoms with Crippen LogP contribution in [0.4, 0.5) is 4.79 Å². The molecule has 3 aromatic carbocycles. The molecule has 1 atom stereocenters. The minimum atomic E-state index is -1.17. The molecule has 3 aromatic rings. The SMILES string of the molecule is C[C@@]1(c2ccccc2)NC(=O)N(CC(=O)N2CCN(C(c3ccccc3)c3ccccc3)CC2)C1=O. The Hall–Kier alpha value is -3.97. The number of nitrogens with zero attached hydrogens (tertiary/aromatic N) is 3. The Kier molecular flexibility index (Phi) is 6.57. The lowest BCUT2D eigenvalue weighted by atomic mass is 9.92. The minimum absolute atomic E-state index is 0.0992. The quantitative estimate of drug-likeness (QED) is 0.547. The summed E-state index contributed by atoms with van der Waals surface area (Å²) in [6.45, 7) is 3.89. The van der Waals surface area contributed by atoms with Crippen LogP contribution in [0.25, 0.3) is 0 Å². The van der Waals surface area contributed by atoms with Crippen molar-refractivity contribution in [3.63, 3.8) is 0 Å². The summed E-state index contributed by atoms with van der Waals surface area (Å²) in [6.07, 6.45) is 0. The van der Waals surface area contributed by atoms with Crippen molar-refractivity contribution in [3.8, 4) is 0 Å². The first-order valence-electron chi connectivity index (χ1n) is 12.3. The molecule has 4 amide bonds. The Labute approximate surface area is 211 Å². The van der Waals surface area contributed by atoms with Gasteiger partial charge in [0.05, 0.1) is 6.04 Å². The number of urea groups is 1. The molecule has 5 rings (SSSR count). The number of nitrogens with one attached hydrogen (secondary N) is 1. The summed E-state index contributed by atoms with van der Waals surface area (Å²) in [5, 5.41) is 2.77. The van der Waals surface area contributed by atoms with Crippen LogP contribution in [0, 0.1) is 0 Å². The van der Waals surface area contributed by atoms with E-state index < -0.39 is 17.5 Å². The van der Waals surface area contributed by atoms with Crippen molar-refractivity contribution in [1.29, 1.82) is 0 Å². The molecule has 0 bridgehead atoms. The van der Waals surface area contributed by atoms with Crippen molar-refractivity contribution in [2.24, 2.45) is 0 Å². The number of hydrogen-bond acceptors (Lipinski definition) is 4. The zero-order chi connectivity index (χ0) is 25.1.